The van der Waals surface area contributed by atoms with Crippen molar-refractivity contribution in [2.75, 3.05) is 24.6 Å². The van der Waals surface area contributed by atoms with Crippen LogP contribution in [0.5, 0.6) is 5.75 Å². The van der Waals surface area contributed by atoms with Crippen molar-refractivity contribution in [3.8, 4) is 5.75 Å². The summed E-state index contributed by atoms with van der Waals surface area (Å²) in [6.45, 7) is 10.4. The number of benzene rings is 2. The van der Waals surface area contributed by atoms with Crippen LogP contribution in [0, 0.1) is 0 Å². The fourth-order valence-electron chi connectivity index (χ4n) is 2.77. The van der Waals surface area contributed by atoms with Crippen LogP contribution in [0.1, 0.15) is 27.7 Å². The average molecular weight is 360 g/mol. The number of nitrogens with zero attached hydrogens (tertiary/aromatic N) is 1. The topological polar surface area (TPSA) is 64.5 Å². The molecule has 25 heavy (non-hydrogen) atoms. The molecule has 0 atom stereocenters. The molecule has 2 aromatic carbocycles. The highest BCUT2D eigenvalue weighted by Crippen LogP contribution is 2.36. The lowest BCUT2D eigenvalue weighted by molar-refractivity contribution is 0.141. The van der Waals surface area contributed by atoms with E-state index in [-0.39, 0.29) is 0 Å². The van der Waals surface area contributed by atoms with Crippen LogP contribution in [0.15, 0.2) is 52.3 Å². The largest absolute Gasteiger partial charge is 0.491 e. The van der Waals surface area contributed by atoms with E-state index in [2.05, 4.69) is 38.7 Å². The third-order valence-electron chi connectivity index (χ3n) is 4.07. The van der Waals surface area contributed by atoms with Gasteiger partial charge in [0.15, 0.2) is 0 Å². The van der Waals surface area contributed by atoms with Gasteiger partial charge in [-0.25, -0.2) is 0 Å². The van der Waals surface area contributed by atoms with Gasteiger partial charge in [0.1, 0.15) is 12.4 Å². The Morgan fingerprint density at radius 1 is 0.960 bits per heavy atom. The van der Waals surface area contributed by atoms with Crippen LogP contribution in [0.3, 0.4) is 0 Å². The van der Waals surface area contributed by atoms with E-state index in [1.165, 1.54) is 0 Å². The third kappa shape index (κ3) is 5.58. The molecular weight excluding hydrogens is 330 g/mol. The number of ether oxygens (including phenoxy) is 1. The molecule has 0 aliphatic rings. The van der Waals surface area contributed by atoms with Crippen molar-refractivity contribution >= 4 is 23.1 Å². The Kier molecular flexibility index (Phi) is 7.02. The van der Waals surface area contributed by atoms with Gasteiger partial charge < -0.3 is 16.2 Å². The molecule has 0 saturated carbocycles. The van der Waals surface area contributed by atoms with Crippen LogP contribution in [-0.4, -0.2) is 30.1 Å². The Hall–Kier alpha value is -1.85. The van der Waals surface area contributed by atoms with E-state index < -0.39 is 0 Å². The minimum atomic E-state index is 0.506. The minimum absolute atomic E-state index is 0.506. The molecule has 2 rings (SSSR count). The second-order valence-corrected chi connectivity index (χ2v) is 7.73. The predicted molar refractivity (Wildman–Crippen MR) is 108 cm³/mol. The first-order chi connectivity index (χ1) is 11.9. The number of hydrogen-bond acceptors (Lipinski definition) is 5. The maximum absolute atomic E-state index is 6.08. The smallest absolute Gasteiger partial charge is 0.133 e. The van der Waals surface area contributed by atoms with Crippen LogP contribution in [-0.2, 0) is 0 Å². The molecule has 0 heterocycles. The standard InChI is InChI=1S/C20H29N3OS/c1-14(2)23(15(3)4)11-12-24-19-7-5-6-8-20(19)25-16-9-10-17(21)18(22)13-16/h5-10,13-15H,11-12,21-22H2,1-4H3. The first-order valence-corrected chi connectivity index (χ1v) is 9.50. The van der Waals surface area contributed by atoms with E-state index in [9.17, 15) is 0 Å². The van der Waals surface area contributed by atoms with Gasteiger partial charge in [-0.2, -0.15) is 0 Å². The maximum atomic E-state index is 6.08. The lowest BCUT2D eigenvalue weighted by atomic mass is 10.2. The highest BCUT2D eigenvalue weighted by Gasteiger charge is 2.13. The van der Waals surface area contributed by atoms with Crippen LogP contribution < -0.4 is 16.2 Å². The van der Waals surface area contributed by atoms with E-state index in [4.69, 9.17) is 16.2 Å². The van der Waals surface area contributed by atoms with Gasteiger partial charge in [0, 0.05) is 23.5 Å². The molecule has 0 unspecified atom stereocenters. The summed E-state index contributed by atoms with van der Waals surface area (Å²) in [5.74, 6) is 0.898. The van der Waals surface area contributed by atoms with Crippen molar-refractivity contribution in [1.82, 2.24) is 4.90 Å². The summed E-state index contributed by atoms with van der Waals surface area (Å²) in [5, 5.41) is 0. The monoisotopic (exact) mass is 359 g/mol. The minimum Gasteiger partial charge on any atom is -0.491 e. The fourth-order valence-corrected chi connectivity index (χ4v) is 3.72. The van der Waals surface area contributed by atoms with Crippen LogP contribution in [0.2, 0.25) is 0 Å². The van der Waals surface area contributed by atoms with Crippen molar-refractivity contribution < 1.29 is 4.74 Å². The summed E-state index contributed by atoms with van der Waals surface area (Å²) in [7, 11) is 0. The Morgan fingerprint density at radius 3 is 2.28 bits per heavy atom. The summed E-state index contributed by atoms with van der Waals surface area (Å²) in [6.07, 6.45) is 0. The van der Waals surface area contributed by atoms with Gasteiger partial charge in [0.25, 0.3) is 0 Å². The average Bonchev–Trinajstić information content (AvgIpc) is 2.55. The Morgan fingerprint density at radius 2 is 1.64 bits per heavy atom. The molecule has 0 saturated heterocycles. The Bertz CT molecular complexity index is 680. The van der Waals surface area contributed by atoms with Crippen molar-refractivity contribution in [3.05, 3.63) is 42.5 Å². The molecule has 0 bridgehead atoms. The van der Waals surface area contributed by atoms with Gasteiger partial charge in [0.2, 0.25) is 0 Å². The van der Waals surface area contributed by atoms with E-state index in [0.717, 1.165) is 22.1 Å². The Labute approximate surface area is 155 Å². The van der Waals surface area contributed by atoms with E-state index >= 15 is 0 Å². The highest BCUT2D eigenvalue weighted by atomic mass is 32.2. The van der Waals surface area contributed by atoms with Crippen molar-refractivity contribution in [2.24, 2.45) is 0 Å². The van der Waals surface area contributed by atoms with Gasteiger partial charge in [-0.05, 0) is 58.0 Å². The van der Waals surface area contributed by atoms with Gasteiger partial charge in [-0.15, -0.1) is 0 Å². The molecule has 0 aliphatic carbocycles. The van der Waals surface area contributed by atoms with Crippen LogP contribution in [0.25, 0.3) is 0 Å². The summed E-state index contributed by atoms with van der Waals surface area (Å²) in [6, 6.07) is 14.8. The molecule has 2 aromatic rings. The molecule has 5 heteroatoms. The number of para-hydroxylation sites is 1. The first-order valence-electron chi connectivity index (χ1n) is 8.69. The summed E-state index contributed by atoms with van der Waals surface area (Å²) in [4.78, 5) is 4.55. The molecule has 0 radical (unpaired) electrons. The lowest BCUT2D eigenvalue weighted by Crippen LogP contribution is -2.39. The summed E-state index contributed by atoms with van der Waals surface area (Å²) in [5.41, 5.74) is 12.9. The van der Waals surface area contributed by atoms with Crippen molar-refractivity contribution in [2.45, 2.75) is 49.6 Å². The van der Waals surface area contributed by atoms with E-state index in [0.29, 0.717) is 30.1 Å². The number of nitrogen functional groups attached to an aromatic ring is 2. The zero-order valence-electron chi connectivity index (χ0n) is 15.5. The first kappa shape index (κ1) is 19.5. The summed E-state index contributed by atoms with van der Waals surface area (Å²) < 4.78 is 6.08. The van der Waals surface area contributed by atoms with Gasteiger partial charge in [-0.3, -0.25) is 4.90 Å². The molecule has 0 aliphatic heterocycles. The number of hydrogen-bond donors (Lipinski definition) is 2. The molecule has 0 aromatic heterocycles. The van der Waals surface area contributed by atoms with Gasteiger partial charge >= 0.3 is 0 Å². The zero-order chi connectivity index (χ0) is 18.4. The summed E-state index contributed by atoms with van der Waals surface area (Å²) >= 11 is 1.63. The molecule has 136 valence electrons. The van der Waals surface area contributed by atoms with Gasteiger partial charge in [0.05, 0.1) is 16.3 Å². The second-order valence-electron chi connectivity index (χ2n) is 6.61. The van der Waals surface area contributed by atoms with E-state index in [1.807, 2.05) is 36.4 Å². The lowest BCUT2D eigenvalue weighted by Gasteiger charge is -2.30. The molecule has 0 spiro atoms. The fraction of sp³-hybridized carbons (Fsp3) is 0.400. The second kappa shape index (κ2) is 9.02. The van der Waals surface area contributed by atoms with Crippen molar-refractivity contribution in [3.63, 3.8) is 0 Å². The number of anilines is 2. The number of rotatable bonds is 8. The molecule has 0 fully saturated rings. The van der Waals surface area contributed by atoms with Crippen LogP contribution >= 0.6 is 11.8 Å². The zero-order valence-corrected chi connectivity index (χ0v) is 16.3. The Balaban J connectivity index is 2.03. The van der Waals surface area contributed by atoms with Crippen molar-refractivity contribution in [1.29, 1.82) is 0 Å². The highest BCUT2D eigenvalue weighted by molar-refractivity contribution is 7.99. The molecular formula is C20H29N3OS. The maximum Gasteiger partial charge on any atom is 0.133 e. The third-order valence-corrected chi connectivity index (χ3v) is 5.12. The van der Waals surface area contributed by atoms with Gasteiger partial charge in [-0.1, -0.05) is 23.9 Å². The SMILES string of the molecule is CC(C)N(CCOc1ccccc1Sc1ccc(N)c(N)c1)C(C)C. The molecule has 4 nitrogen and oxygen atoms in total. The van der Waals surface area contributed by atoms with Crippen LogP contribution in [0.4, 0.5) is 11.4 Å². The molecule has 4 N–H and O–H groups in total. The number of nitrogens with two attached hydrogens (primary N) is 2. The molecule has 0 amide bonds. The van der Waals surface area contributed by atoms with E-state index in [1.54, 1.807) is 11.8 Å². The normalized spacial score (nSPS) is 11.5. The quantitative estimate of drug-likeness (QED) is 0.679. The predicted octanol–water partition coefficient (Wildman–Crippen LogP) is 4.50.